The number of aromatic nitrogens is 2. The number of hydrogen-bond acceptors (Lipinski definition) is 8. The van der Waals surface area contributed by atoms with Crippen LogP contribution in [0.5, 0.6) is 0 Å². The van der Waals surface area contributed by atoms with Gasteiger partial charge < -0.3 is 30.0 Å². The number of benzene rings is 4. The molecule has 8 rings (SSSR count). The van der Waals surface area contributed by atoms with Crippen molar-refractivity contribution in [2.24, 2.45) is 22.7 Å². The molecule has 12 nitrogen and oxygen atoms in total. The Balaban J connectivity index is 1.05. The molecule has 1 aromatic heterocycles. The third-order valence-electron chi connectivity index (χ3n) is 12.7. The summed E-state index contributed by atoms with van der Waals surface area (Å²) in [6.45, 7) is 8.35. The molecule has 3 N–H and O–H groups in total. The Hall–Kier alpha value is -6.04. The number of aliphatic imine (C=N–C) groups is 1. The van der Waals surface area contributed by atoms with Crippen LogP contribution >= 0.6 is 0 Å². The number of amides is 3. The summed E-state index contributed by atoms with van der Waals surface area (Å²) in [5, 5.41) is 7.75. The normalized spacial score (nSPS) is 19.7. The van der Waals surface area contributed by atoms with Crippen molar-refractivity contribution in [3.05, 3.63) is 84.2 Å². The van der Waals surface area contributed by atoms with Crippen molar-refractivity contribution >= 4 is 57.1 Å². The van der Waals surface area contributed by atoms with Gasteiger partial charge in [0, 0.05) is 30.5 Å². The molecule has 1 saturated carbocycles. The van der Waals surface area contributed by atoms with Crippen molar-refractivity contribution in [3.63, 3.8) is 0 Å². The number of carbonyl (C=O) groups excluding carboxylic acids is 4. The Kier molecular flexibility index (Phi) is 11.5. The van der Waals surface area contributed by atoms with Crippen LogP contribution < -0.4 is 10.6 Å². The van der Waals surface area contributed by atoms with E-state index in [2.05, 4.69) is 82.3 Å². The molecular weight excluding hydrogens is 757 g/mol. The Morgan fingerprint density at radius 3 is 2.08 bits per heavy atom. The highest BCUT2D eigenvalue weighted by molar-refractivity contribution is 6.06. The lowest BCUT2D eigenvalue weighted by molar-refractivity contribution is -0.134. The Morgan fingerprint density at radius 1 is 0.767 bits per heavy atom. The Bertz CT molecular complexity index is 2510. The van der Waals surface area contributed by atoms with Crippen LogP contribution in [0.1, 0.15) is 77.1 Å². The minimum atomic E-state index is -0.673. The molecule has 1 aliphatic carbocycles. The molecular formula is C48H54N6O6. The molecule has 12 heteroatoms. The van der Waals surface area contributed by atoms with E-state index >= 15 is 0 Å². The number of rotatable bonds is 11. The fourth-order valence-corrected chi connectivity index (χ4v) is 9.62. The first kappa shape index (κ1) is 40.7. The van der Waals surface area contributed by atoms with Gasteiger partial charge in [-0.25, -0.2) is 14.6 Å². The molecule has 312 valence electrons. The monoisotopic (exact) mass is 810 g/mol. The van der Waals surface area contributed by atoms with Crippen molar-refractivity contribution in [1.29, 1.82) is 0 Å². The van der Waals surface area contributed by atoms with Crippen molar-refractivity contribution in [1.82, 2.24) is 25.5 Å². The van der Waals surface area contributed by atoms with Gasteiger partial charge in [-0.3, -0.25) is 14.6 Å². The number of aromatic amines is 1. The molecule has 0 spiro atoms. The summed E-state index contributed by atoms with van der Waals surface area (Å²) in [6.07, 6.45) is 3.71. The summed E-state index contributed by atoms with van der Waals surface area (Å²) in [6, 6.07) is 24.2. The average Bonchev–Trinajstić information content (AvgIpc) is 4.08. The maximum absolute atomic E-state index is 13.8. The number of imidazole rings is 1. The summed E-state index contributed by atoms with van der Waals surface area (Å²) in [5.41, 5.74) is 9.14. The van der Waals surface area contributed by atoms with E-state index < -0.39 is 24.3 Å². The van der Waals surface area contributed by atoms with Gasteiger partial charge in [0.25, 0.3) is 0 Å². The molecule has 1 saturated heterocycles. The number of H-pyrrole nitrogens is 1. The lowest BCUT2D eigenvalue weighted by atomic mass is 9.84. The highest BCUT2D eigenvalue weighted by Gasteiger charge is 2.41. The SMILES string of the molecule is COC(=O)N[C@H](C(=O)C1CCCC1c1nc2ccc(-c3cccc4c(-c5ccc6c(c5)N=C([C@@H]5CCCN5C(=O)[C@@H](NC(=O)OC)C(C)C)C6)cccc34)cc2[nH]1)C(C)C. The van der Waals surface area contributed by atoms with Crippen LogP contribution in [0.2, 0.25) is 0 Å². The lowest BCUT2D eigenvalue weighted by Crippen LogP contribution is -2.53. The molecule has 2 aliphatic heterocycles. The second kappa shape index (κ2) is 16.9. The van der Waals surface area contributed by atoms with Crippen LogP contribution in [-0.2, 0) is 25.5 Å². The van der Waals surface area contributed by atoms with Crippen LogP contribution in [0.25, 0.3) is 44.1 Å². The molecule has 2 unspecified atom stereocenters. The summed E-state index contributed by atoms with van der Waals surface area (Å²) in [7, 11) is 2.62. The number of ketones is 1. The van der Waals surface area contributed by atoms with E-state index in [9.17, 15) is 19.2 Å². The number of Topliss-reactive ketones (excluding diaryl/α,β-unsaturated/α-hetero) is 1. The number of likely N-dealkylation sites (tertiary alicyclic amines) is 1. The maximum Gasteiger partial charge on any atom is 0.407 e. The van der Waals surface area contributed by atoms with Crippen molar-refractivity contribution in [2.45, 2.75) is 90.3 Å². The van der Waals surface area contributed by atoms with Crippen LogP contribution in [0.15, 0.2) is 77.8 Å². The number of methoxy groups -OCH3 is 2. The highest BCUT2D eigenvalue weighted by atomic mass is 16.5. The second-order valence-corrected chi connectivity index (χ2v) is 17.1. The first-order chi connectivity index (χ1) is 28.9. The number of alkyl carbamates (subject to hydrolysis) is 2. The van der Waals surface area contributed by atoms with E-state index in [0.29, 0.717) is 13.0 Å². The second-order valence-electron chi connectivity index (χ2n) is 17.1. The Morgan fingerprint density at radius 2 is 1.42 bits per heavy atom. The van der Waals surface area contributed by atoms with Gasteiger partial charge in [0.15, 0.2) is 5.78 Å². The number of nitrogens with one attached hydrogen (secondary N) is 3. The lowest BCUT2D eigenvalue weighted by Gasteiger charge is -2.30. The van der Waals surface area contributed by atoms with Crippen LogP contribution in [0, 0.1) is 17.8 Å². The topological polar surface area (TPSA) is 155 Å². The molecule has 5 aromatic rings. The molecule has 60 heavy (non-hydrogen) atoms. The van der Waals surface area contributed by atoms with E-state index in [-0.39, 0.29) is 41.4 Å². The van der Waals surface area contributed by atoms with Gasteiger partial charge in [0.1, 0.15) is 11.9 Å². The quantitative estimate of drug-likeness (QED) is 0.120. The zero-order valence-electron chi connectivity index (χ0n) is 35.2. The first-order valence-corrected chi connectivity index (χ1v) is 21.2. The van der Waals surface area contributed by atoms with E-state index in [0.717, 1.165) is 99.0 Å². The average molecular weight is 811 g/mol. The molecule has 2 fully saturated rings. The van der Waals surface area contributed by atoms with Crippen molar-refractivity contribution < 1.29 is 28.7 Å². The minimum Gasteiger partial charge on any atom is -0.453 e. The summed E-state index contributed by atoms with van der Waals surface area (Å²) >= 11 is 0. The summed E-state index contributed by atoms with van der Waals surface area (Å²) in [4.78, 5) is 67.4. The molecule has 0 radical (unpaired) electrons. The van der Waals surface area contributed by atoms with Crippen LogP contribution in [-0.4, -0.2) is 83.3 Å². The van der Waals surface area contributed by atoms with Crippen molar-refractivity contribution in [3.8, 4) is 22.3 Å². The standard InChI is InChI=1S/C48H54N6O6/c1-26(2)42(52-47(57)59-5)44(55)35-15-9-16-36(35)45-50-37-21-20-29(24-39(37)51-45)32-12-8-13-33-31(11-7-14-34(32)33)28-18-19-30-25-40(49-38(30)23-28)41-17-10-22-54(41)46(56)43(27(3)4)53-48(58)60-6/h7-8,11-14,18-21,23-24,26-27,35-36,41-43H,9-10,15-17,22,25H2,1-6H3,(H,50,51)(H,52,57)(H,53,58)/t35?,36?,41-,42-,43-/m0/s1. The molecule has 3 amide bonds. The van der Waals surface area contributed by atoms with Crippen LogP contribution in [0.4, 0.5) is 15.3 Å². The van der Waals surface area contributed by atoms with E-state index in [1.54, 1.807) is 0 Å². The van der Waals surface area contributed by atoms with Gasteiger partial charge in [-0.05, 0) is 94.3 Å². The van der Waals surface area contributed by atoms with Gasteiger partial charge in [0.2, 0.25) is 5.91 Å². The third-order valence-corrected chi connectivity index (χ3v) is 12.7. The molecule has 0 bridgehead atoms. The smallest absolute Gasteiger partial charge is 0.407 e. The van der Waals surface area contributed by atoms with Gasteiger partial charge in [0.05, 0.1) is 43.0 Å². The van der Waals surface area contributed by atoms with Crippen molar-refractivity contribution in [2.75, 3.05) is 20.8 Å². The molecule has 4 aromatic carbocycles. The Labute approximate surface area is 350 Å². The third kappa shape index (κ3) is 7.75. The molecule has 5 atom stereocenters. The zero-order chi connectivity index (χ0) is 42.2. The highest BCUT2D eigenvalue weighted by Crippen LogP contribution is 2.42. The van der Waals surface area contributed by atoms with E-state index in [1.165, 1.54) is 14.2 Å². The summed E-state index contributed by atoms with van der Waals surface area (Å²) < 4.78 is 9.63. The predicted octanol–water partition coefficient (Wildman–Crippen LogP) is 8.88. The largest absolute Gasteiger partial charge is 0.453 e. The van der Waals surface area contributed by atoms with Gasteiger partial charge in [-0.15, -0.1) is 0 Å². The number of hydrogen-bond donors (Lipinski definition) is 3. The van der Waals surface area contributed by atoms with E-state index in [4.69, 9.17) is 19.5 Å². The minimum absolute atomic E-state index is 0.0276. The molecule has 3 heterocycles. The van der Waals surface area contributed by atoms with E-state index in [1.807, 2.05) is 38.7 Å². The fraction of sp³-hybridized carbons (Fsp3) is 0.417. The summed E-state index contributed by atoms with van der Waals surface area (Å²) in [5.74, 6) is 0.259. The number of nitrogens with zero attached hydrogens (tertiary/aromatic N) is 3. The fourth-order valence-electron chi connectivity index (χ4n) is 9.62. The molecule has 3 aliphatic rings. The van der Waals surface area contributed by atoms with Gasteiger partial charge in [-0.1, -0.05) is 88.7 Å². The predicted molar refractivity (Wildman–Crippen MR) is 233 cm³/mol. The first-order valence-electron chi connectivity index (χ1n) is 21.2. The zero-order valence-corrected chi connectivity index (χ0v) is 35.2. The number of carbonyl (C=O) groups is 4. The van der Waals surface area contributed by atoms with Gasteiger partial charge >= 0.3 is 12.2 Å². The van der Waals surface area contributed by atoms with Crippen LogP contribution in [0.3, 0.4) is 0 Å². The maximum atomic E-state index is 13.8. The number of fused-ring (bicyclic) bond motifs is 3. The van der Waals surface area contributed by atoms with Gasteiger partial charge in [-0.2, -0.15) is 0 Å². The number of ether oxygens (including phenoxy) is 2.